The Morgan fingerprint density at radius 3 is 2.31 bits per heavy atom. The Hall–Kier alpha value is -2.88. The number of sulfonamides is 1. The van der Waals surface area contributed by atoms with Gasteiger partial charge in [-0.15, -0.1) is 11.8 Å². The lowest BCUT2D eigenvalue weighted by Crippen LogP contribution is -2.15. The SMILES string of the molecule is COc1ccc(SCC(=O)Nc2ccc(S(=O)(=O)Nc3cccc(Cl)c3)cc2)cc1OC. The standard InChI is InChI=1S/C22H21ClN2O5S2/c1-29-20-11-8-18(13-21(20)30-2)31-14-22(26)24-16-6-9-19(10-7-16)32(27,28)25-17-5-3-4-15(23)12-17/h3-13,25H,14H2,1-2H3,(H,24,26). The Balaban J connectivity index is 1.58. The van der Waals surface area contributed by atoms with E-state index in [-0.39, 0.29) is 16.6 Å². The van der Waals surface area contributed by atoms with Gasteiger partial charge in [0.2, 0.25) is 5.91 Å². The third kappa shape index (κ3) is 6.32. The Morgan fingerprint density at radius 1 is 0.938 bits per heavy atom. The topological polar surface area (TPSA) is 93.7 Å². The van der Waals surface area contributed by atoms with E-state index in [0.717, 1.165) is 4.90 Å². The molecule has 0 aliphatic rings. The van der Waals surface area contributed by atoms with E-state index in [9.17, 15) is 13.2 Å². The van der Waals surface area contributed by atoms with E-state index in [1.54, 1.807) is 44.6 Å². The number of rotatable bonds is 9. The van der Waals surface area contributed by atoms with E-state index >= 15 is 0 Å². The van der Waals surface area contributed by atoms with Gasteiger partial charge in [0, 0.05) is 15.6 Å². The fraction of sp³-hybridized carbons (Fsp3) is 0.136. The first-order chi connectivity index (χ1) is 15.3. The summed E-state index contributed by atoms with van der Waals surface area (Å²) in [6, 6.07) is 17.7. The van der Waals surface area contributed by atoms with Gasteiger partial charge in [0.1, 0.15) is 0 Å². The summed E-state index contributed by atoms with van der Waals surface area (Å²) in [5, 5.41) is 3.18. The van der Waals surface area contributed by atoms with Crippen molar-refractivity contribution in [3.05, 3.63) is 71.8 Å². The number of carbonyl (C=O) groups excluding carboxylic acids is 1. The number of hydrogen-bond acceptors (Lipinski definition) is 6. The molecule has 0 aromatic heterocycles. The summed E-state index contributed by atoms with van der Waals surface area (Å²) < 4.78 is 38.0. The van der Waals surface area contributed by atoms with Crippen molar-refractivity contribution in [2.45, 2.75) is 9.79 Å². The molecule has 168 valence electrons. The molecular formula is C22H21ClN2O5S2. The Labute approximate surface area is 196 Å². The van der Waals surface area contributed by atoms with Gasteiger partial charge in [-0.1, -0.05) is 17.7 Å². The molecule has 0 aliphatic heterocycles. The number of hydrogen-bond donors (Lipinski definition) is 2. The molecule has 0 unspecified atom stereocenters. The van der Waals surface area contributed by atoms with Crippen LogP contribution in [0.15, 0.2) is 76.5 Å². The smallest absolute Gasteiger partial charge is 0.261 e. The van der Waals surface area contributed by atoms with E-state index in [1.807, 2.05) is 6.07 Å². The number of halogens is 1. The number of carbonyl (C=O) groups is 1. The number of ether oxygens (including phenoxy) is 2. The Morgan fingerprint density at radius 2 is 1.66 bits per heavy atom. The van der Waals surface area contributed by atoms with E-state index in [0.29, 0.717) is 27.9 Å². The third-order valence-electron chi connectivity index (χ3n) is 4.25. The van der Waals surface area contributed by atoms with Crippen LogP contribution in [0.5, 0.6) is 11.5 Å². The van der Waals surface area contributed by atoms with Crippen molar-refractivity contribution in [2.75, 3.05) is 30.0 Å². The van der Waals surface area contributed by atoms with Crippen LogP contribution in [0.3, 0.4) is 0 Å². The average molecular weight is 493 g/mol. The molecule has 0 heterocycles. The monoisotopic (exact) mass is 492 g/mol. The van der Waals surface area contributed by atoms with Crippen molar-refractivity contribution in [2.24, 2.45) is 0 Å². The molecule has 0 saturated heterocycles. The molecule has 0 aliphatic carbocycles. The lowest BCUT2D eigenvalue weighted by molar-refractivity contribution is -0.113. The zero-order valence-corrected chi connectivity index (χ0v) is 19.7. The largest absolute Gasteiger partial charge is 0.493 e. The van der Waals surface area contributed by atoms with Crippen molar-refractivity contribution in [1.82, 2.24) is 0 Å². The minimum Gasteiger partial charge on any atom is -0.493 e. The van der Waals surface area contributed by atoms with Gasteiger partial charge in [0.05, 0.1) is 30.6 Å². The highest BCUT2D eigenvalue weighted by molar-refractivity contribution is 8.00. The molecule has 1 amide bonds. The first-order valence-electron chi connectivity index (χ1n) is 9.34. The summed E-state index contributed by atoms with van der Waals surface area (Å²) in [6.45, 7) is 0. The van der Waals surface area contributed by atoms with Crippen molar-refractivity contribution in [3.8, 4) is 11.5 Å². The maximum absolute atomic E-state index is 12.5. The van der Waals surface area contributed by atoms with Gasteiger partial charge in [0.25, 0.3) is 10.0 Å². The molecule has 0 atom stereocenters. The molecule has 3 rings (SSSR count). The fourth-order valence-electron chi connectivity index (χ4n) is 2.74. The first-order valence-corrected chi connectivity index (χ1v) is 12.2. The molecule has 3 aromatic rings. The van der Waals surface area contributed by atoms with Gasteiger partial charge in [-0.05, 0) is 60.7 Å². The Kier molecular flexibility index (Phi) is 7.89. The van der Waals surface area contributed by atoms with Gasteiger partial charge in [-0.2, -0.15) is 0 Å². The molecule has 2 N–H and O–H groups in total. The second-order valence-corrected chi connectivity index (χ2v) is 9.66. The molecule has 0 spiro atoms. The van der Waals surface area contributed by atoms with E-state index < -0.39 is 10.0 Å². The van der Waals surface area contributed by atoms with Crippen LogP contribution < -0.4 is 19.5 Å². The van der Waals surface area contributed by atoms with Crippen molar-refractivity contribution in [1.29, 1.82) is 0 Å². The molecule has 0 bridgehead atoms. The maximum atomic E-state index is 12.5. The summed E-state index contributed by atoms with van der Waals surface area (Å²) in [7, 11) is -0.675. The number of thioether (sulfide) groups is 1. The van der Waals surface area contributed by atoms with Gasteiger partial charge in [0.15, 0.2) is 11.5 Å². The summed E-state index contributed by atoms with van der Waals surface area (Å²) in [4.78, 5) is 13.2. The third-order valence-corrected chi connectivity index (χ3v) is 6.88. The summed E-state index contributed by atoms with van der Waals surface area (Å²) in [5.74, 6) is 1.14. The molecule has 3 aromatic carbocycles. The fourth-order valence-corrected chi connectivity index (χ4v) is 4.70. The number of nitrogens with one attached hydrogen (secondary N) is 2. The van der Waals surface area contributed by atoms with Crippen molar-refractivity contribution >= 4 is 50.7 Å². The summed E-state index contributed by atoms with van der Waals surface area (Å²) in [6.07, 6.45) is 0. The second-order valence-electron chi connectivity index (χ2n) is 6.49. The number of amides is 1. The Bertz CT molecular complexity index is 1200. The van der Waals surface area contributed by atoms with Crippen molar-refractivity contribution < 1.29 is 22.7 Å². The van der Waals surface area contributed by atoms with Gasteiger partial charge in [-0.3, -0.25) is 9.52 Å². The minimum absolute atomic E-state index is 0.0650. The van der Waals surface area contributed by atoms with E-state index in [1.165, 1.54) is 42.1 Å². The molecule has 7 nitrogen and oxygen atoms in total. The summed E-state index contributed by atoms with van der Waals surface area (Å²) in [5.41, 5.74) is 0.853. The van der Waals surface area contributed by atoms with Crippen LogP contribution in [0.1, 0.15) is 0 Å². The van der Waals surface area contributed by atoms with Crippen LogP contribution >= 0.6 is 23.4 Å². The minimum atomic E-state index is -3.78. The molecular weight excluding hydrogens is 472 g/mol. The second kappa shape index (κ2) is 10.6. The first kappa shape index (κ1) is 23.8. The van der Waals surface area contributed by atoms with E-state index in [2.05, 4.69) is 10.0 Å². The molecule has 0 fully saturated rings. The van der Waals surface area contributed by atoms with Crippen LogP contribution in [0, 0.1) is 0 Å². The predicted octanol–water partition coefficient (Wildman–Crippen LogP) is 4.89. The normalized spacial score (nSPS) is 11.0. The highest BCUT2D eigenvalue weighted by Gasteiger charge is 2.15. The quantitative estimate of drug-likeness (QED) is 0.413. The molecule has 0 radical (unpaired) electrons. The zero-order valence-electron chi connectivity index (χ0n) is 17.3. The molecule has 0 saturated carbocycles. The van der Waals surface area contributed by atoms with E-state index in [4.69, 9.17) is 21.1 Å². The number of benzene rings is 3. The summed E-state index contributed by atoms with van der Waals surface area (Å²) >= 11 is 7.24. The van der Waals surface area contributed by atoms with Crippen LogP contribution in [0.2, 0.25) is 5.02 Å². The predicted molar refractivity (Wildman–Crippen MR) is 128 cm³/mol. The highest BCUT2D eigenvalue weighted by atomic mass is 35.5. The highest BCUT2D eigenvalue weighted by Crippen LogP contribution is 2.32. The molecule has 32 heavy (non-hydrogen) atoms. The number of methoxy groups -OCH3 is 2. The molecule has 10 heteroatoms. The van der Waals surface area contributed by atoms with Gasteiger partial charge in [-0.25, -0.2) is 8.42 Å². The number of anilines is 2. The van der Waals surface area contributed by atoms with Crippen LogP contribution in [-0.2, 0) is 14.8 Å². The maximum Gasteiger partial charge on any atom is 0.261 e. The van der Waals surface area contributed by atoms with Crippen molar-refractivity contribution in [3.63, 3.8) is 0 Å². The lowest BCUT2D eigenvalue weighted by Gasteiger charge is -2.10. The van der Waals surface area contributed by atoms with Gasteiger partial charge >= 0.3 is 0 Å². The lowest BCUT2D eigenvalue weighted by atomic mass is 10.3. The van der Waals surface area contributed by atoms with Crippen LogP contribution in [0.25, 0.3) is 0 Å². The van der Waals surface area contributed by atoms with Crippen LogP contribution in [0.4, 0.5) is 11.4 Å². The zero-order chi connectivity index (χ0) is 23.1. The average Bonchev–Trinajstić information content (AvgIpc) is 2.77. The van der Waals surface area contributed by atoms with Crippen LogP contribution in [-0.4, -0.2) is 34.3 Å². The van der Waals surface area contributed by atoms with Gasteiger partial charge < -0.3 is 14.8 Å².